The molecule has 15 heavy (non-hydrogen) atoms. The molecule has 0 bridgehead atoms. The number of nitrogens with two attached hydrogens (primary N) is 1. The number of benzene rings is 1. The highest BCUT2D eigenvalue weighted by Gasteiger charge is 2.08. The summed E-state index contributed by atoms with van der Waals surface area (Å²) in [5.74, 6) is 6.49. The van der Waals surface area contributed by atoms with Crippen LogP contribution in [0.3, 0.4) is 0 Å². The molecule has 2 aromatic rings. The zero-order valence-corrected chi connectivity index (χ0v) is 9.45. The number of hydrogen-bond donors (Lipinski definition) is 1. The van der Waals surface area contributed by atoms with E-state index in [0.29, 0.717) is 0 Å². The monoisotopic (exact) mass is 220 g/mol. The summed E-state index contributed by atoms with van der Waals surface area (Å²) in [5, 5.41) is 3.23. The average Bonchev–Trinajstić information content (AvgIpc) is 2.27. The zero-order chi connectivity index (χ0) is 10.8. The topological polar surface area (TPSA) is 55.0 Å². The fraction of sp³-hybridized carbons (Fsp3) is 0.200. The third kappa shape index (κ3) is 1.88. The lowest BCUT2D eigenvalue weighted by molar-refractivity contribution is 0.922. The molecule has 0 unspecified atom stereocenters. The van der Waals surface area contributed by atoms with Crippen molar-refractivity contribution in [2.45, 2.75) is 5.16 Å². The minimum atomic E-state index is 0.737. The summed E-state index contributed by atoms with van der Waals surface area (Å²) >= 11 is 1.51. The summed E-state index contributed by atoms with van der Waals surface area (Å²) in [5.41, 5.74) is 0.921. The van der Waals surface area contributed by atoms with E-state index in [0.717, 1.165) is 21.9 Å². The second kappa shape index (κ2) is 4.04. The third-order valence-corrected chi connectivity index (χ3v) is 2.63. The summed E-state index contributed by atoms with van der Waals surface area (Å²) < 4.78 is 0. The molecule has 4 nitrogen and oxygen atoms in total. The minimum absolute atomic E-state index is 0.737. The largest absolute Gasteiger partial charge is 0.297 e. The maximum atomic E-state index is 5.74. The van der Waals surface area contributed by atoms with Crippen molar-refractivity contribution in [1.82, 2.24) is 9.97 Å². The highest BCUT2D eigenvalue weighted by Crippen LogP contribution is 2.23. The van der Waals surface area contributed by atoms with Crippen molar-refractivity contribution in [3.63, 3.8) is 0 Å². The first-order valence-electron chi connectivity index (χ1n) is 4.51. The predicted molar refractivity (Wildman–Crippen MR) is 63.9 cm³/mol. The van der Waals surface area contributed by atoms with Crippen LogP contribution in [0, 0.1) is 0 Å². The Morgan fingerprint density at radius 2 is 2.00 bits per heavy atom. The molecule has 1 aromatic carbocycles. The maximum absolute atomic E-state index is 5.74. The van der Waals surface area contributed by atoms with Gasteiger partial charge in [-0.05, 0) is 18.4 Å². The molecule has 78 valence electrons. The Morgan fingerprint density at radius 3 is 2.67 bits per heavy atom. The minimum Gasteiger partial charge on any atom is -0.297 e. The van der Waals surface area contributed by atoms with Gasteiger partial charge >= 0.3 is 0 Å². The molecule has 2 N–H and O–H groups in total. The van der Waals surface area contributed by atoms with E-state index in [1.54, 1.807) is 7.05 Å². The molecule has 0 aliphatic carbocycles. The molecule has 0 aliphatic heterocycles. The quantitative estimate of drug-likeness (QED) is 0.361. The van der Waals surface area contributed by atoms with E-state index in [9.17, 15) is 0 Å². The first-order chi connectivity index (χ1) is 7.22. The van der Waals surface area contributed by atoms with Crippen LogP contribution in [0.4, 0.5) is 5.82 Å². The van der Waals surface area contributed by atoms with Crippen molar-refractivity contribution in [3.8, 4) is 0 Å². The lowest BCUT2D eigenvalue weighted by atomic mass is 10.2. The van der Waals surface area contributed by atoms with Gasteiger partial charge in [-0.1, -0.05) is 23.9 Å². The fourth-order valence-electron chi connectivity index (χ4n) is 1.40. The third-order valence-electron chi connectivity index (χ3n) is 2.08. The molecule has 5 heteroatoms. The van der Waals surface area contributed by atoms with Gasteiger partial charge in [-0.2, -0.15) is 0 Å². The van der Waals surface area contributed by atoms with Crippen molar-refractivity contribution < 1.29 is 0 Å². The zero-order valence-electron chi connectivity index (χ0n) is 8.64. The van der Waals surface area contributed by atoms with Crippen molar-refractivity contribution in [2.24, 2.45) is 5.84 Å². The summed E-state index contributed by atoms with van der Waals surface area (Å²) in [7, 11) is 1.78. The van der Waals surface area contributed by atoms with Crippen molar-refractivity contribution in [3.05, 3.63) is 24.3 Å². The smallest absolute Gasteiger partial charge is 0.189 e. The summed E-state index contributed by atoms with van der Waals surface area (Å²) in [6.07, 6.45) is 1.95. The highest BCUT2D eigenvalue weighted by atomic mass is 32.2. The van der Waals surface area contributed by atoms with Gasteiger partial charge in [0.05, 0.1) is 5.52 Å². The van der Waals surface area contributed by atoms with Gasteiger partial charge < -0.3 is 0 Å². The van der Waals surface area contributed by atoms with Gasteiger partial charge in [-0.25, -0.2) is 15.8 Å². The van der Waals surface area contributed by atoms with E-state index in [1.165, 1.54) is 16.8 Å². The van der Waals surface area contributed by atoms with Crippen LogP contribution in [0.2, 0.25) is 0 Å². The Morgan fingerprint density at radius 1 is 1.27 bits per heavy atom. The van der Waals surface area contributed by atoms with Crippen LogP contribution in [0.5, 0.6) is 0 Å². The molecule has 0 fully saturated rings. The Hall–Kier alpha value is -1.33. The summed E-state index contributed by atoms with van der Waals surface area (Å²) in [6, 6.07) is 7.85. The molecule has 0 aliphatic rings. The molecule has 1 heterocycles. The van der Waals surface area contributed by atoms with Gasteiger partial charge in [-0.3, -0.25) is 5.01 Å². The molecule has 2 rings (SSSR count). The van der Waals surface area contributed by atoms with Crippen LogP contribution in [0.1, 0.15) is 0 Å². The van der Waals surface area contributed by atoms with Crippen LogP contribution >= 0.6 is 11.8 Å². The second-order valence-corrected chi connectivity index (χ2v) is 3.94. The fourth-order valence-corrected chi connectivity index (χ4v) is 1.77. The van der Waals surface area contributed by atoms with E-state index in [-0.39, 0.29) is 0 Å². The molecular weight excluding hydrogens is 208 g/mol. The van der Waals surface area contributed by atoms with Gasteiger partial charge in [-0.15, -0.1) is 0 Å². The molecule has 0 atom stereocenters. The van der Waals surface area contributed by atoms with E-state index < -0.39 is 0 Å². The van der Waals surface area contributed by atoms with Crippen LogP contribution in [0.15, 0.2) is 29.4 Å². The van der Waals surface area contributed by atoms with Gasteiger partial charge in [0.1, 0.15) is 0 Å². The molecule has 0 radical (unpaired) electrons. The van der Waals surface area contributed by atoms with Crippen LogP contribution in [0.25, 0.3) is 10.9 Å². The molecule has 0 amide bonds. The number of para-hydroxylation sites is 1. The number of anilines is 1. The molecule has 0 saturated carbocycles. The maximum Gasteiger partial charge on any atom is 0.189 e. The van der Waals surface area contributed by atoms with Crippen LogP contribution in [-0.2, 0) is 0 Å². The molecule has 0 spiro atoms. The number of hydrogen-bond acceptors (Lipinski definition) is 5. The van der Waals surface area contributed by atoms with Gasteiger partial charge in [0.25, 0.3) is 0 Å². The Kier molecular flexibility index (Phi) is 2.75. The van der Waals surface area contributed by atoms with Crippen LogP contribution < -0.4 is 10.9 Å². The molecule has 1 aromatic heterocycles. The lowest BCUT2D eigenvalue weighted by Gasteiger charge is -2.14. The van der Waals surface area contributed by atoms with Gasteiger partial charge in [0.15, 0.2) is 11.0 Å². The first kappa shape index (κ1) is 10.2. The first-order valence-corrected chi connectivity index (χ1v) is 5.74. The van der Waals surface area contributed by atoms with E-state index >= 15 is 0 Å². The highest BCUT2D eigenvalue weighted by molar-refractivity contribution is 7.98. The van der Waals surface area contributed by atoms with E-state index in [1.807, 2.05) is 30.5 Å². The van der Waals surface area contributed by atoms with Gasteiger partial charge in [0, 0.05) is 12.4 Å². The average molecular weight is 220 g/mol. The Bertz CT molecular complexity index is 484. The number of nitrogens with zero attached hydrogens (tertiary/aromatic N) is 3. The normalized spacial score (nSPS) is 10.6. The van der Waals surface area contributed by atoms with Crippen molar-refractivity contribution in [1.29, 1.82) is 0 Å². The lowest BCUT2D eigenvalue weighted by Crippen LogP contribution is -2.26. The standard InChI is InChI=1S/C10H12N4S/c1-14(11)9-7-5-3-4-6-8(7)12-10(13-9)15-2/h3-6H,11H2,1-2H3. The number of rotatable bonds is 2. The Labute approximate surface area is 92.5 Å². The Balaban J connectivity index is 2.74. The van der Waals surface area contributed by atoms with Crippen LogP contribution in [-0.4, -0.2) is 23.3 Å². The van der Waals surface area contributed by atoms with Crippen molar-refractivity contribution >= 4 is 28.5 Å². The number of fused-ring (bicyclic) bond motifs is 1. The number of aromatic nitrogens is 2. The van der Waals surface area contributed by atoms with Gasteiger partial charge in [0.2, 0.25) is 0 Å². The summed E-state index contributed by atoms with van der Waals surface area (Å²) in [4.78, 5) is 8.78. The number of thioether (sulfide) groups is 1. The number of hydrazine groups is 1. The van der Waals surface area contributed by atoms with Crippen molar-refractivity contribution in [2.75, 3.05) is 18.3 Å². The predicted octanol–water partition coefficient (Wildman–Crippen LogP) is 1.66. The second-order valence-electron chi connectivity index (χ2n) is 3.16. The van der Waals surface area contributed by atoms with E-state index in [4.69, 9.17) is 5.84 Å². The molecule has 0 saturated heterocycles. The summed E-state index contributed by atoms with van der Waals surface area (Å²) in [6.45, 7) is 0. The van der Waals surface area contributed by atoms with E-state index in [2.05, 4.69) is 9.97 Å². The SMILES string of the molecule is CSc1nc(N(C)N)c2ccccc2n1. The molecular formula is C10H12N4S.